The van der Waals surface area contributed by atoms with Crippen molar-refractivity contribution in [3.05, 3.63) is 0 Å². The third-order valence-corrected chi connectivity index (χ3v) is 3.82. The molecule has 0 unspecified atom stereocenters. The Morgan fingerprint density at radius 1 is 0.542 bits per heavy atom. The van der Waals surface area contributed by atoms with Gasteiger partial charge in [-0.05, 0) is 0 Å². The van der Waals surface area contributed by atoms with Crippen LogP contribution in [-0.2, 0) is 9.47 Å². The lowest BCUT2D eigenvalue weighted by molar-refractivity contribution is 0.0342. The molecule has 1 aliphatic heterocycles. The van der Waals surface area contributed by atoms with Gasteiger partial charge in [0.1, 0.15) is 0 Å². The number of nitrogens with zero attached hydrogens (tertiary/aromatic N) is 6. The molecule has 8 heteroatoms. The maximum absolute atomic E-state index is 9.00. The predicted octanol–water partition coefficient (Wildman–Crippen LogP) is -0.490. The highest BCUT2D eigenvalue weighted by Gasteiger charge is 2.12. The number of nitriles is 3. The smallest absolute Gasteiger partial charge is 0.0867 e. The fourth-order valence-corrected chi connectivity index (χ4v) is 2.38. The van der Waals surface area contributed by atoms with E-state index in [1.54, 1.807) is 0 Å². The summed E-state index contributed by atoms with van der Waals surface area (Å²) < 4.78 is 11.1. The van der Waals surface area contributed by atoms with Crippen LogP contribution in [0.1, 0.15) is 0 Å². The van der Waals surface area contributed by atoms with Crippen molar-refractivity contribution in [3.63, 3.8) is 0 Å². The quantitative estimate of drug-likeness (QED) is 0.638. The summed E-state index contributed by atoms with van der Waals surface area (Å²) >= 11 is 0. The van der Waals surface area contributed by atoms with Crippen LogP contribution in [-0.4, -0.2) is 100 Å². The Bertz CT molecular complexity index is 419. The molecule has 0 spiro atoms. The van der Waals surface area contributed by atoms with Gasteiger partial charge < -0.3 is 9.47 Å². The Labute approximate surface area is 144 Å². The predicted molar refractivity (Wildman–Crippen MR) is 87.8 cm³/mol. The molecule has 1 saturated heterocycles. The van der Waals surface area contributed by atoms with Crippen LogP contribution in [0.15, 0.2) is 0 Å². The average molecular weight is 334 g/mol. The molecule has 0 aromatic rings. The third-order valence-electron chi connectivity index (χ3n) is 3.82. The first-order chi connectivity index (χ1) is 11.8. The largest absolute Gasteiger partial charge is 0.378 e. The first kappa shape index (κ1) is 20.3. The molecule has 0 saturated carbocycles. The standard InChI is InChI=1S/C16H26N6O2/c17-1-4-20-7-9-21(5-2-18)11-13-23-15-16-24-14-12-22(6-3-19)10-8-20/h4-16H2. The van der Waals surface area contributed by atoms with E-state index in [0.29, 0.717) is 85.3 Å². The van der Waals surface area contributed by atoms with Crippen molar-refractivity contribution in [1.82, 2.24) is 14.7 Å². The van der Waals surface area contributed by atoms with Crippen molar-refractivity contribution in [2.45, 2.75) is 0 Å². The van der Waals surface area contributed by atoms with E-state index in [2.05, 4.69) is 23.1 Å². The van der Waals surface area contributed by atoms with E-state index in [1.165, 1.54) is 0 Å². The van der Waals surface area contributed by atoms with E-state index < -0.39 is 0 Å². The van der Waals surface area contributed by atoms with Gasteiger partial charge in [0.15, 0.2) is 0 Å². The van der Waals surface area contributed by atoms with Gasteiger partial charge in [0.2, 0.25) is 0 Å². The van der Waals surface area contributed by atoms with Gasteiger partial charge in [-0.3, -0.25) is 14.7 Å². The normalized spacial score (nSPS) is 20.9. The summed E-state index contributed by atoms with van der Waals surface area (Å²) in [5.41, 5.74) is 0. The lowest BCUT2D eigenvalue weighted by Gasteiger charge is -2.26. The maximum Gasteiger partial charge on any atom is 0.0867 e. The summed E-state index contributed by atoms with van der Waals surface area (Å²) in [6.07, 6.45) is 0. The van der Waals surface area contributed by atoms with Gasteiger partial charge in [-0.2, -0.15) is 15.8 Å². The minimum Gasteiger partial charge on any atom is -0.378 e. The van der Waals surface area contributed by atoms with E-state index in [-0.39, 0.29) is 0 Å². The van der Waals surface area contributed by atoms with Gasteiger partial charge in [0, 0.05) is 39.3 Å². The third kappa shape index (κ3) is 9.42. The van der Waals surface area contributed by atoms with E-state index in [9.17, 15) is 0 Å². The molecule has 0 aliphatic carbocycles. The van der Waals surface area contributed by atoms with Gasteiger partial charge in [0.25, 0.3) is 0 Å². The zero-order valence-corrected chi connectivity index (χ0v) is 14.2. The molecule has 8 nitrogen and oxygen atoms in total. The Morgan fingerprint density at radius 3 is 1.21 bits per heavy atom. The van der Waals surface area contributed by atoms with Crippen molar-refractivity contribution in [1.29, 1.82) is 15.8 Å². The molecule has 1 aliphatic rings. The van der Waals surface area contributed by atoms with Crippen LogP contribution >= 0.6 is 0 Å². The molecule has 24 heavy (non-hydrogen) atoms. The lowest BCUT2D eigenvalue weighted by atomic mass is 10.3. The van der Waals surface area contributed by atoms with Crippen LogP contribution in [0, 0.1) is 34.0 Å². The number of ether oxygens (including phenoxy) is 2. The van der Waals surface area contributed by atoms with Crippen molar-refractivity contribution < 1.29 is 9.47 Å². The molecule has 0 atom stereocenters. The molecule has 1 fully saturated rings. The minimum absolute atomic E-state index is 0.341. The maximum atomic E-state index is 9.00. The Hall–Kier alpha value is -1.73. The van der Waals surface area contributed by atoms with Crippen LogP contribution in [0.25, 0.3) is 0 Å². The van der Waals surface area contributed by atoms with Gasteiger partial charge in [-0.1, -0.05) is 0 Å². The van der Waals surface area contributed by atoms with Gasteiger partial charge in [-0.25, -0.2) is 0 Å². The second-order valence-electron chi connectivity index (χ2n) is 5.53. The average Bonchev–Trinajstić information content (AvgIpc) is 2.58. The lowest BCUT2D eigenvalue weighted by Crippen LogP contribution is -2.41. The fourth-order valence-electron chi connectivity index (χ4n) is 2.38. The fraction of sp³-hybridized carbons (Fsp3) is 0.812. The number of rotatable bonds is 3. The van der Waals surface area contributed by atoms with Crippen molar-refractivity contribution in [3.8, 4) is 18.2 Å². The SMILES string of the molecule is N#CCN1CCOCCOCCN(CC#N)CCN(CC#N)CC1. The highest BCUT2D eigenvalue weighted by Crippen LogP contribution is 1.97. The van der Waals surface area contributed by atoms with Gasteiger partial charge in [0.05, 0.1) is 64.3 Å². The van der Waals surface area contributed by atoms with Crippen molar-refractivity contribution >= 4 is 0 Å². The second kappa shape index (κ2) is 13.7. The van der Waals surface area contributed by atoms with Crippen LogP contribution in [0.4, 0.5) is 0 Å². The van der Waals surface area contributed by atoms with E-state index in [4.69, 9.17) is 25.3 Å². The minimum atomic E-state index is 0.341. The molecular formula is C16H26N6O2. The zero-order chi connectivity index (χ0) is 17.5. The van der Waals surface area contributed by atoms with E-state index >= 15 is 0 Å². The summed E-state index contributed by atoms with van der Waals surface area (Å²) in [5, 5.41) is 26.9. The Morgan fingerprint density at radius 2 is 0.875 bits per heavy atom. The molecule has 0 aromatic heterocycles. The molecule has 0 radical (unpaired) electrons. The molecule has 1 rings (SSSR count). The zero-order valence-electron chi connectivity index (χ0n) is 14.2. The summed E-state index contributed by atoms with van der Waals surface area (Å²) in [5.74, 6) is 0. The van der Waals surface area contributed by atoms with Crippen molar-refractivity contribution in [2.75, 3.05) is 85.3 Å². The highest BCUT2D eigenvalue weighted by molar-refractivity contribution is 4.82. The molecular weight excluding hydrogens is 308 g/mol. The monoisotopic (exact) mass is 334 g/mol. The first-order valence-corrected chi connectivity index (χ1v) is 8.23. The summed E-state index contributed by atoms with van der Waals surface area (Å²) in [4.78, 5) is 6.10. The van der Waals surface area contributed by atoms with E-state index in [1.807, 2.05) is 9.80 Å². The van der Waals surface area contributed by atoms with E-state index in [0.717, 1.165) is 0 Å². The Balaban J connectivity index is 2.62. The van der Waals surface area contributed by atoms with Crippen LogP contribution < -0.4 is 0 Å². The first-order valence-electron chi connectivity index (χ1n) is 8.23. The van der Waals surface area contributed by atoms with Gasteiger partial charge in [-0.15, -0.1) is 0 Å². The van der Waals surface area contributed by atoms with Crippen LogP contribution in [0.3, 0.4) is 0 Å². The van der Waals surface area contributed by atoms with Crippen molar-refractivity contribution in [2.24, 2.45) is 0 Å². The second-order valence-corrected chi connectivity index (χ2v) is 5.53. The summed E-state index contributed by atoms with van der Waals surface area (Å²) in [6, 6.07) is 6.53. The molecule has 132 valence electrons. The number of hydrogen-bond acceptors (Lipinski definition) is 8. The molecule has 0 aromatic carbocycles. The molecule has 0 bridgehead atoms. The molecule has 0 N–H and O–H groups in total. The Kier molecular flexibility index (Phi) is 11.6. The molecule has 0 amide bonds. The molecule has 1 heterocycles. The topological polar surface area (TPSA) is 99.6 Å². The highest BCUT2D eigenvalue weighted by atomic mass is 16.5. The van der Waals surface area contributed by atoms with Crippen LogP contribution in [0.2, 0.25) is 0 Å². The summed E-state index contributed by atoms with van der Waals surface area (Å²) in [7, 11) is 0. The number of hydrogen-bond donors (Lipinski definition) is 0. The van der Waals surface area contributed by atoms with Crippen LogP contribution in [0.5, 0.6) is 0 Å². The van der Waals surface area contributed by atoms with Gasteiger partial charge >= 0.3 is 0 Å². The summed E-state index contributed by atoms with van der Waals surface area (Å²) in [6.45, 7) is 7.45.